The molecule has 1 aromatic heterocycles. The van der Waals surface area contributed by atoms with E-state index < -0.39 is 0 Å². The Kier molecular flexibility index (Phi) is 5.90. The minimum absolute atomic E-state index is 0.105. The Morgan fingerprint density at radius 1 is 1.28 bits per heavy atom. The van der Waals surface area contributed by atoms with Crippen LogP contribution in [0.5, 0.6) is 0 Å². The molecule has 9 heteroatoms. The van der Waals surface area contributed by atoms with Gasteiger partial charge in [-0.1, -0.05) is 29.3 Å². The van der Waals surface area contributed by atoms with Crippen LogP contribution >= 0.6 is 23.2 Å². The van der Waals surface area contributed by atoms with Crippen LogP contribution in [0.25, 0.3) is 5.69 Å². The quantitative estimate of drug-likeness (QED) is 0.819. The maximum Gasteiger partial charge on any atom is 0.291 e. The molecule has 2 aromatic rings. The van der Waals surface area contributed by atoms with Crippen LogP contribution in [0.1, 0.15) is 16.4 Å². The van der Waals surface area contributed by atoms with Crippen LogP contribution in [-0.2, 0) is 0 Å². The van der Waals surface area contributed by atoms with Gasteiger partial charge in [-0.05, 0) is 19.1 Å². The Balaban J connectivity index is 1.66. The number of carbonyl (C=O) groups excluding carboxylic acids is 1. The van der Waals surface area contributed by atoms with Crippen molar-refractivity contribution in [1.29, 1.82) is 0 Å². The van der Waals surface area contributed by atoms with Crippen molar-refractivity contribution in [2.75, 3.05) is 39.3 Å². The molecular formula is C16H20Cl2N6O. The van der Waals surface area contributed by atoms with Gasteiger partial charge in [-0.2, -0.15) is 0 Å². The van der Waals surface area contributed by atoms with Crippen molar-refractivity contribution in [3.63, 3.8) is 0 Å². The van der Waals surface area contributed by atoms with Gasteiger partial charge in [0.2, 0.25) is 5.82 Å². The first-order chi connectivity index (χ1) is 12.1. The van der Waals surface area contributed by atoms with E-state index in [4.69, 9.17) is 23.2 Å². The third-order valence-electron chi connectivity index (χ3n) is 4.04. The fourth-order valence-electron chi connectivity index (χ4n) is 2.73. The Hall–Kier alpha value is -1.67. The van der Waals surface area contributed by atoms with E-state index in [0.29, 0.717) is 28.1 Å². The van der Waals surface area contributed by atoms with Crippen LogP contribution in [0.2, 0.25) is 10.0 Å². The van der Waals surface area contributed by atoms with E-state index >= 15 is 0 Å². The fraction of sp³-hybridized carbons (Fsp3) is 0.438. The highest BCUT2D eigenvalue weighted by Crippen LogP contribution is 2.28. The third kappa shape index (κ3) is 4.30. The van der Waals surface area contributed by atoms with Crippen LogP contribution in [0.4, 0.5) is 0 Å². The molecule has 1 fully saturated rings. The number of benzene rings is 1. The van der Waals surface area contributed by atoms with E-state index in [-0.39, 0.29) is 11.7 Å². The largest absolute Gasteiger partial charge is 0.348 e. The van der Waals surface area contributed by atoms with Gasteiger partial charge in [0.05, 0.1) is 10.0 Å². The molecule has 0 spiro atoms. The zero-order valence-corrected chi connectivity index (χ0v) is 15.4. The average Bonchev–Trinajstić information content (AvgIpc) is 2.97. The van der Waals surface area contributed by atoms with Crippen molar-refractivity contribution >= 4 is 29.1 Å². The number of carbonyl (C=O) groups is 1. The first-order valence-corrected chi connectivity index (χ1v) is 8.91. The SMILES string of the molecule is Cc1nc(C(=O)NCCN2CCNCC2)nn1-c1c(Cl)cccc1Cl. The Bertz CT molecular complexity index is 737. The monoisotopic (exact) mass is 382 g/mol. The standard InChI is InChI=1S/C16H20Cl2N6O/c1-11-21-15(16(25)20-7-10-23-8-5-19-6-9-23)22-24(11)14-12(17)3-2-4-13(14)18/h2-4,19H,5-10H2,1H3,(H,20,25). The van der Waals surface area contributed by atoms with Crippen LogP contribution in [0.15, 0.2) is 18.2 Å². The van der Waals surface area contributed by atoms with Gasteiger partial charge < -0.3 is 10.6 Å². The van der Waals surface area contributed by atoms with Crippen molar-refractivity contribution in [3.05, 3.63) is 39.9 Å². The van der Waals surface area contributed by atoms with Gasteiger partial charge in [0.15, 0.2) is 0 Å². The topological polar surface area (TPSA) is 75.1 Å². The molecule has 2 heterocycles. The lowest BCUT2D eigenvalue weighted by Gasteiger charge is -2.26. The molecule has 2 N–H and O–H groups in total. The molecule has 0 radical (unpaired) electrons. The minimum Gasteiger partial charge on any atom is -0.348 e. The molecule has 25 heavy (non-hydrogen) atoms. The van der Waals surface area contributed by atoms with E-state index in [9.17, 15) is 4.79 Å². The number of nitrogens with one attached hydrogen (secondary N) is 2. The van der Waals surface area contributed by atoms with Crippen LogP contribution in [0, 0.1) is 6.92 Å². The summed E-state index contributed by atoms with van der Waals surface area (Å²) >= 11 is 12.4. The lowest BCUT2D eigenvalue weighted by Crippen LogP contribution is -2.46. The molecule has 1 aliphatic heterocycles. The van der Waals surface area contributed by atoms with E-state index in [0.717, 1.165) is 32.7 Å². The molecule has 0 atom stereocenters. The molecule has 1 saturated heterocycles. The molecule has 1 aromatic carbocycles. The summed E-state index contributed by atoms with van der Waals surface area (Å²) in [4.78, 5) is 18.8. The van der Waals surface area contributed by atoms with Gasteiger partial charge in [0.1, 0.15) is 11.5 Å². The summed E-state index contributed by atoms with van der Waals surface area (Å²) in [6, 6.07) is 5.19. The summed E-state index contributed by atoms with van der Waals surface area (Å²) in [5, 5.41) is 11.3. The molecule has 0 aliphatic carbocycles. The predicted molar refractivity (Wildman–Crippen MR) is 97.8 cm³/mol. The van der Waals surface area contributed by atoms with E-state index in [1.807, 2.05) is 0 Å². The lowest BCUT2D eigenvalue weighted by molar-refractivity contribution is 0.0937. The summed E-state index contributed by atoms with van der Waals surface area (Å²) in [6.07, 6.45) is 0. The number of nitrogens with zero attached hydrogens (tertiary/aromatic N) is 4. The summed E-state index contributed by atoms with van der Waals surface area (Å²) in [7, 11) is 0. The van der Waals surface area contributed by atoms with Crippen LogP contribution < -0.4 is 10.6 Å². The van der Waals surface area contributed by atoms with Crippen molar-refractivity contribution in [3.8, 4) is 5.69 Å². The molecule has 3 rings (SSSR count). The van der Waals surface area contributed by atoms with Crippen LogP contribution in [0.3, 0.4) is 0 Å². The molecule has 0 saturated carbocycles. The second kappa shape index (κ2) is 8.14. The summed E-state index contributed by atoms with van der Waals surface area (Å²) in [5.41, 5.74) is 0.524. The van der Waals surface area contributed by atoms with Crippen molar-refractivity contribution in [2.24, 2.45) is 0 Å². The second-order valence-corrected chi connectivity index (χ2v) is 6.63. The van der Waals surface area contributed by atoms with Crippen molar-refractivity contribution < 1.29 is 4.79 Å². The number of hydrogen-bond acceptors (Lipinski definition) is 5. The van der Waals surface area contributed by atoms with Gasteiger partial charge in [0.25, 0.3) is 5.91 Å². The Labute approximate surface area is 156 Å². The van der Waals surface area contributed by atoms with Gasteiger partial charge in [-0.25, -0.2) is 9.67 Å². The number of halogens is 2. The highest BCUT2D eigenvalue weighted by atomic mass is 35.5. The molecule has 7 nitrogen and oxygen atoms in total. The minimum atomic E-state index is -0.305. The number of aromatic nitrogens is 3. The first kappa shape index (κ1) is 18.1. The van der Waals surface area contributed by atoms with Crippen molar-refractivity contribution in [1.82, 2.24) is 30.3 Å². The normalized spacial score (nSPS) is 15.3. The molecule has 0 unspecified atom stereocenters. The van der Waals surface area contributed by atoms with Crippen LogP contribution in [-0.4, -0.2) is 64.8 Å². The third-order valence-corrected chi connectivity index (χ3v) is 4.65. The smallest absolute Gasteiger partial charge is 0.291 e. The molecule has 1 aliphatic rings. The van der Waals surface area contributed by atoms with Crippen molar-refractivity contribution in [2.45, 2.75) is 6.92 Å². The molecule has 1 amide bonds. The van der Waals surface area contributed by atoms with Gasteiger partial charge in [0, 0.05) is 39.3 Å². The van der Waals surface area contributed by atoms with Gasteiger partial charge in [-0.15, -0.1) is 5.10 Å². The van der Waals surface area contributed by atoms with E-state index in [2.05, 4.69) is 25.6 Å². The number of amides is 1. The fourth-order valence-corrected chi connectivity index (χ4v) is 3.29. The van der Waals surface area contributed by atoms with E-state index in [1.54, 1.807) is 25.1 Å². The number of para-hydroxylation sites is 1. The average molecular weight is 383 g/mol. The molecule has 134 valence electrons. The summed E-state index contributed by atoms with van der Waals surface area (Å²) in [6.45, 7) is 7.07. The highest BCUT2D eigenvalue weighted by Gasteiger charge is 2.18. The number of rotatable bonds is 5. The molecular weight excluding hydrogens is 363 g/mol. The summed E-state index contributed by atoms with van der Waals surface area (Å²) < 4.78 is 1.50. The second-order valence-electron chi connectivity index (χ2n) is 5.81. The maximum atomic E-state index is 12.3. The number of aryl methyl sites for hydroxylation is 1. The number of piperazine rings is 1. The number of hydrogen-bond donors (Lipinski definition) is 2. The Morgan fingerprint density at radius 2 is 1.96 bits per heavy atom. The lowest BCUT2D eigenvalue weighted by atomic mass is 10.3. The van der Waals surface area contributed by atoms with Gasteiger partial charge >= 0.3 is 0 Å². The zero-order valence-electron chi connectivity index (χ0n) is 13.9. The van der Waals surface area contributed by atoms with Gasteiger partial charge in [-0.3, -0.25) is 9.69 Å². The summed E-state index contributed by atoms with van der Waals surface area (Å²) in [5.74, 6) is 0.344. The highest BCUT2D eigenvalue weighted by molar-refractivity contribution is 6.37. The molecule has 0 bridgehead atoms. The zero-order chi connectivity index (χ0) is 17.8. The maximum absolute atomic E-state index is 12.3. The first-order valence-electron chi connectivity index (χ1n) is 8.15. The Morgan fingerprint density at radius 3 is 2.64 bits per heavy atom. The van der Waals surface area contributed by atoms with E-state index in [1.165, 1.54) is 4.68 Å². The predicted octanol–water partition coefficient (Wildman–Crippen LogP) is 1.52.